The molecular weight excluding hydrogens is 469 g/mol. The van der Waals surface area contributed by atoms with Crippen LogP contribution in [0.5, 0.6) is 0 Å². The van der Waals surface area contributed by atoms with Crippen LogP contribution in [-0.2, 0) is 6.42 Å². The average molecular weight is 496 g/mol. The third kappa shape index (κ3) is 3.58. The largest absolute Gasteiger partial charge is 0.737 e. The molecule has 1 aromatic carbocycles. The van der Waals surface area contributed by atoms with E-state index >= 15 is 8.63 Å². The molecule has 0 fully saturated rings. The molecule has 4 nitrogen and oxygen atoms in total. The molecule has 3 aromatic rings. The second-order valence-corrected chi connectivity index (χ2v) is 10.3. The second-order valence-electron chi connectivity index (χ2n) is 10.3. The molecule has 186 valence electrons. The van der Waals surface area contributed by atoms with Crippen LogP contribution in [0.2, 0.25) is 0 Å². The van der Waals surface area contributed by atoms with Crippen LogP contribution in [0.15, 0.2) is 56.9 Å². The van der Waals surface area contributed by atoms with Crippen molar-refractivity contribution in [3.63, 3.8) is 0 Å². The lowest BCUT2D eigenvalue weighted by molar-refractivity contribution is -0.363. The highest BCUT2D eigenvalue weighted by Crippen LogP contribution is 2.42. The van der Waals surface area contributed by atoms with Crippen molar-refractivity contribution in [1.29, 1.82) is 0 Å². The molecule has 6 rings (SSSR count). The Morgan fingerprint density at radius 2 is 1.89 bits per heavy atom. The van der Waals surface area contributed by atoms with E-state index < -0.39 is 12.6 Å². The first-order valence-electron chi connectivity index (χ1n) is 12.7. The molecule has 0 amide bonds. The lowest BCUT2D eigenvalue weighted by atomic mass is 9.86. The van der Waals surface area contributed by atoms with Gasteiger partial charge in [0.05, 0.1) is 11.1 Å². The molecule has 4 heterocycles. The minimum absolute atomic E-state index is 0.375. The molecule has 0 radical (unpaired) electrons. The number of aromatic nitrogens is 1. The molecule has 37 heavy (non-hydrogen) atoms. The van der Waals surface area contributed by atoms with Crippen LogP contribution in [0.3, 0.4) is 0 Å². The highest BCUT2D eigenvalue weighted by atomic mass is 19.2. The Kier molecular flexibility index (Phi) is 5.27. The summed E-state index contributed by atoms with van der Waals surface area (Å²) in [5.41, 5.74) is 6.66. The van der Waals surface area contributed by atoms with Crippen LogP contribution in [-0.4, -0.2) is 21.6 Å². The summed E-state index contributed by atoms with van der Waals surface area (Å²) in [7, 11) is 0. The van der Waals surface area contributed by atoms with Crippen molar-refractivity contribution < 1.29 is 17.5 Å². The Balaban J connectivity index is 1.52. The van der Waals surface area contributed by atoms with E-state index in [9.17, 15) is 4.79 Å². The topological polar surface area (TPSA) is 38.1 Å². The molecule has 0 unspecified atom stereocenters. The van der Waals surface area contributed by atoms with Crippen LogP contribution in [0.25, 0.3) is 22.6 Å². The predicted molar refractivity (Wildman–Crippen MR) is 145 cm³/mol. The maximum atomic E-state index is 15.8. The van der Waals surface area contributed by atoms with Crippen molar-refractivity contribution in [1.82, 2.24) is 4.48 Å². The highest BCUT2D eigenvalue weighted by Gasteiger charge is 2.54. The van der Waals surface area contributed by atoms with Gasteiger partial charge in [0.2, 0.25) is 0 Å². The van der Waals surface area contributed by atoms with Gasteiger partial charge in [-0.2, -0.15) is 0 Å². The van der Waals surface area contributed by atoms with E-state index in [0.29, 0.717) is 39.5 Å². The number of rotatable bonds is 2. The van der Waals surface area contributed by atoms with E-state index in [1.165, 1.54) is 0 Å². The zero-order chi connectivity index (χ0) is 26.1. The van der Waals surface area contributed by atoms with E-state index in [2.05, 4.69) is 17.9 Å². The fraction of sp³-hybridized carbons (Fsp3) is 0.267. The number of nitrogens with zero attached hydrogens (tertiary/aromatic N) is 2. The maximum absolute atomic E-state index is 15.8. The van der Waals surface area contributed by atoms with Crippen LogP contribution < -0.4 is 5.63 Å². The van der Waals surface area contributed by atoms with Gasteiger partial charge in [-0.25, -0.2) is 4.79 Å². The van der Waals surface area contributed by atoms with Gasteiger partial charge in [-0.05, 0) is 93.3 Å². The molecule has 2 aliphatic heterocycles. The number of hydrogen-bond donors (Lipinski definition) is 0. The summed E-state index contributed by atoms with van der Waals surface area (Å²) in [6.45, 7) is 3.07. The Bertz CT molecular complexity index is 1770. The Labute approximate surface area is 214 Å². The van der Waals surface area contributed by atoms with E-state index in [1.807, 2.05) is 26.0 Å². The summed E-state index contributed by atoms with van der Waals surface area (Å²) in [6, 6.07) is 7.52. The van der Waals surface area contributed by atoms with Crippen molar-refractivity contribution >= 4 is 35.3 Å². The van der Waals surface area contributed by atoms with E-state index in [1.54, 1.807) is 38.1 Å². The smallest absolute Gasteiger partial charge is 0.422 e. The summed E-state index contributed by atoms with van der Waals surface area (Å²) >= 11 is 0. The first-order chi connectivity index (χ1) is 17.7. The monoisotopic (exact) mass is 496 g/mol. The minimum atomic E-state index is -4.03. The zero-order valence-electron chi connectivity index (χ0n) is 21.4. The molecule has 0 bridgehead atoms. The number of halogens is 2. The van der Waals surface area contributed by atoms with E-state index in [-0.39, 0.29) is 0 Å². The minimum Gasteiger partial charge on any atom is -0.422 e. The van der Waals surface area contributed by atoms with E-state index in [0.717, 1.165) is 62.3 Å². The third-order valence-electron chi connectivity index (χ3n) is 7.61. The summed E-state index contributed by atoms with van der Waals surface area (Å²) in [5, 5.41) is 0.828. The van der Waals surface area contributed by atoms with Crippen LogP contribution in [0.4, 0.5) is 8.63 Å². The van der Waals surface area contributed by atoms with Crippen LogP contribution in [0, 0.1) is 25.7 Å². The van der Waals surface area contributed by atoms with Gasteiger partial charge in [0, 0.05) is 41.6 Å². The third-order valence-corrected chi connectivity index (χ3v) is 7.61. The van der Waals surface area contributed by atoms with Crippen LogP contribution in [0.1, 0.15) is 66.8 Å². The van der Waals surface area contributed by atoms with Crippen molar-refractivity contribution in [2.75, 3.05) is 0 Å². The Morgan fingerprint density at radius 3 is 2.70 bits per heavy atom. The van der Waals surface area contributed by atoms with Gasteiger partial charge in [-0.3, -0.25) is 0 Å². The zero-order valence-corrected chi connectivity index (χ0v) is 21.4. The number of hydrogen-bond acceptors (Lipinski definition) is 2. The van der Waals surface area contributed by atoms with Crippen LogP contribution >= 0.6 is 0 Å². The lowest BCUT2D eigenvalue weighted by Gasteiger charge is -2.33. The Hall–Kier alpha value is -3.92. The first kappa shape index (κ1) is 23.5. The molecule has 1 aliphatic carbocycles. The number of benzene rings is 1. The fourth-order valence-electron chi connectivity index (χ4n) is 6.03. The van der Waals surface area contributed by atoms with Crippen molar-refractivity contribution in [2.24, 2.45) is 0 Å². The standard InChI is InChI=1S/C30H27BF2N2O2/c1-18-13-20(3)34-28(18)26(29-19(2)14-21(4)35(29)31(34,32)33)12-11-24-16-25-15-22-9-7-5-6-8-10-23(22)17-27(25)37-30(24)36/h11-17H,5-7,9H2,1-4H3/b12-11+. The number of aryl methyl sites for hydroxylation is 3. The molecular formula is C30H27BF2N2O2. The summed E-state index contributed by atoms with van der Waals surface area (Å²) in [4.78, 5) is 12.9. The number of allylic oxidation sites excluding steroid dienone is 4. The van der Waals surface area contributed by atoms with Gasteiger partial charge >= 0.3 is 12.6 Å². The Morgan fingerprint density at radius 1 is 1.08 bits per heavy atom. The molecule has 0 spiro atoms. The normalized spacial score (nSPS) is 18.3. The second kappa shape index (κ2) is 8.31. The summed E-state index contributed by atoms with van der Waals surface area (Å²) in [5.74, 6) is 6.39. The van der Waals surface area contributed by atoms with Gasteiger partial charge in [-0.15, -0.1) is 0 Å². The molecule has 3 aliphatic rings. The number of fused-ring (bicyclic) bond motifs is 4. The van der Waals surface area contributed by atoms with Gasteiger partial charge in [0.1, 0.15) is 11.3 Å². The maximum Gasteiger partial charge on any atom is 0.737 e. The van der Waals surface area contributed by atoms with Crippen molar-refractivity contribution in [3.8, 4) is 11.8 Å². The molecule has 2 aromatic heterocycles. The van der Waals surface area contributed by atoms with Gasteiger partial charge in [0.25, 0.3) is 0 Å². The lowest BCUT2D eigenvalue weighted by Crippen LogP contribution is -2.51. The molecule has 0 N–H and O–H groups in total. The van der Waals surface area contributed by atoms with Gasteiger partial charge in [-0.1, -0.05) is 11.8 Å². The van der Waals surface area contributed by atoms with Crippen molar-refractivity contribution in [2.45, 2.75) is 53.4 Å². The molecule has 0 saturated heterocycles. The molecule has 0 saturated carbocycles. The highest BCUT2D eigenvalue weighted by molar-refractivity contribution is 6.58. The summed E-state index contributed by atoms with van der Waals surface area (Å²) in [6.07, 6.45) is 9.20. The summed E-state index contributed by atoms with van der Waals surface area (Å²) < 4.78 is 39.5. The predicted octanol–water partition coefficient (Wildman–Crippen LogP) is 6.38. The van der Waals surface area contributed by atoms with E-state index in [4.69, 9.17) is 4.42 Å². The SMILES string of the molecule is CC1=CC(C)=[N+]2C1=C(/C=C/c1cc3cc4c(cc3oc1=O)C#CCCCC4)c1c(C)cc(C)n1[B-]2(F)F. The quantitative estimate of drug-likeness (QED) is 0.235. The average Bonchev–Trinajstić information content (AvgIpc) is 3.29. The molecule has 0 atom stereocenters. The van der Waals surface area contributed by atoms with Gasteiger partial charge < -0.3 is 22.0 Å². The van der Waals surface area contributed by atoms with Gasteiger partial charge in [0.15, 0.2) is 5.70 Å². The first-order valence-corrected chi connectivity index (χ1v) is 12.7. The van der Waals surface area contributed by atoms with Crippen molar-refractivity contribution in [3.05, 3.63) is 91.7 Å². The fourth-order valence-corrected chi connectivity index (χ4v) is 6.03. The molecule has 7 heteroatoms.